The zero-order chi connectivity index (χ0) is 25.8. The summed E-state index contributed by atoms with van der Waals surface area (Å²) in [5.74, 6) is -2.16. The van der Waals surface area contributed by atoms with E-state index in [0.717, 1.165) is 11.3 Å². The summed E-state index contributed by atoms with van der Waals surface area (Å²) in [6, 6.07) is 21.1. The maximum atomic E-state index is 13.1. The molecule has 0 fully saturated rings. The Morgan fingerprint density at radius 3 is 2.17 bits per heavy atom. The number of carbonyl (C=O) groups is 3. The number of anilines is 1. The second kappa shape index (κ2) is 10.4. The van der Waals surface area contributed by atoms with Crippen LogP contribution in [-0.4, -0.2) is 27.4 Å². The highest BCUT2D eigenvalue weighted by atomic mass is 19.1. The minimum Gasteiger partial charge on any atom is -0.343 e. The third-order valence-corrected chi connectivity index (χ3v) is 5.85. The maximum Gasteiger partial charge on any atom is 0.293 e. The van der Waals surface area contributed by atoms with Gasteiger partial charge in [-0.15, -0.1) is 0 Å². The van der Waals surface area contributed by atoms with Crippen LogP contribution in [0.2, 0.25) is 0 Å². The van der Waals surface area contributed by atoms with Crippen molar-refractivity contribution in [2.75, 3.05) is 5.32 Å². The fourth-order valence-corrected chi connectivity index (χ4v) is 3.91. The molecule has 8 heteroatoms. The van der Waals surface area contributed by atoms with E-state index in [1.54, 1.807) is 49.7 Å². The molecule has 0 bridgehead atoms. The lowest BCUT2D eigenvalue weighted by Gasteiger charge is -2.15. The van der Waals surface area contributed by atoms with Gasteiger partial charge in [-0.25, -0.2) is 9.07 Å². The molecule has 0 aliphatic heterocycles. The first-order valence-corrected chi connectivity index (χ1v) is 11.4. The molecule has 3 aromatic carbocycles. The number of benzene rings is 3. The maximum absolute atomic E-state index is 13.1. The number of Topliss-reactive ketones (excluding diaryl/α,β-unsaturated/α-hetero) is 1. The third-order valence-electron chi connectivity index (χ3n) is 5.85. The number of nitrogens with one attached hydrogen (secondary N) is 2. The Morgan fingerprint density at radius 1 is 0.889 bits per heavy atom. The summed E-state index contributed by atoms with van der Waals surface area (Å²) in [5, 5.41) is 9.92. The van der Waals surface area contributed by atoms with E-state index >= 15 is 0 Å². The van der Waals surface area contributed by atoms with E-state index in [-0.39, 0.29) is 11.5 Å². The fraction of sp³-hybridized carbons (Fsp3) is 0.143. The lowest BCUT2D eigenvalue weighted by Crippen LogP contribution is -2.33. The molecule has 0 aliphatic carbocycles. The summed E-state index contributed by atoms with van der Waals surface area (Å²) < 4.78 is 14.7. The highest BCUT2D eigenvalue weighted by molar-refractivity contribution is 6.43. The number of halogens is 1. The van der Waals surface area contributed by atoms with Gasteiger partial charge in [0.2, 0.25) is 0 Å². The normalized spacial score (nSPS) is 11.6. The molecule has 36 heavy (non-hydrogen) atoms. The first-order valence-electron chi connectivity index (χ1n) is 11.4. The first-order chi connectivity index (χ1) is 17.2. The molecule has 1 unspecified atom stereocenters. The van der Waals surface area contributed by atoms with Crippen molar-refractivity contribution in [2.24, 2.45) is 0 Å². The smallest absolute Gasteiger partial charge is 0.293 e. The van der Waals surface area contributed by atoms with Gasteiger partial charge in [-0.05, 0) is 74.9 Å². The Bertz CT molecular complexity index is 1410. The molecule has 0 saturated carbocycles. The van der Waals surface area contributed by atoms with Gasteiger partial charge in [0.1, 0.15) is 5.82 Å². The van der Waals surface area contributed by atoms with E-state index in [0.29, 0.717) is 22.6 Å². The molecule has 1 aromatic heterocycles. The van der Waals surface area contributed by atoms with Crippen molar-refractivity contribution in [3.63, 3.8) is 0 Å². The quantitative estimate of drug-likeness (QED) is 0.287. The molecule has 0 saturated heterocycles. The summed E-state index contributed by atoms with van der Waals surface area (Å²) in [6.07, 6.45) is 0. The van der Waals surface area contributed by atoms with Gasteiger partial charge in [-0.1, -0.05) is 30.3 Å². The number of rotatable bonds is 7. The van der Waals surface area contributed by atoms with E-state index in [1.807, 2.05) is 30.3 Å². The molecule has 7 nitrogen and oxygen atoms in total. The number of hydrogen-bond acceptors (Lipinski definition) is 4. The number of para-hydroxylation sites is 1. The molecule has 4 rings (SSSR count). The monoisotopic (exact) mass is 484 g/mol. The Kier molecular flexibility index (Phi) is 7.05. The van der Waals surface area contributed by atoms with E-state index in [2.05, 4.69) is 15.7 Å². The number of hydrogen-bond donors (Lipinski definition) is 2. The summed E-state index contributed by atoms with van der Waals surface area (Å²) in [4.78, 5) is 38.1. The van der Waals surface area contributed by atoms with Crippen LogP contribution in [0.4, 0.5) is 10.1 Å². The number of ketones is 1. The van der Waals surface area contributed by atoms with Crippen LogP contribution < -0.4 is 10.6 Å². The number of aryl methyl sites for hydroxylation is 1. The molecular weight excluding hydrogens is 459 g/mol. The minimum absolute atomic E-state index is 0.280. The van der Waals surface area contributed by atoms with Gasteiger partial charge in [0.05, 0.1) is 28.7 Å². The highest BCUT2D eigenvalue weighted by Crippen LogP contribution is 2.20. The Morgan fingerprint density at radius 2 is 1.53 bits per heavy atom. The van der Waals surface area contributed by atoms with Crippen molar-refractivity contribution in [1.29, 1.82) is 0 Å². The summed E-state index contributed by atoms with van der Waals surface area (Å²) in [7, 11) is 0. The van der Waals surface area contributed by atoms with Gasteiger partial charge >= 0.3 is 0 Å². The summed E-state index contributed by atoms with van der Waals surface area (Å²) in [5.41, 5.74) is 3.78. The third kappa shape index (κ3) is 5.22. The van der Waals surface area contributed by atoms with Crippen LogP contribution in [-0.2, 0) is 4.79 Å². The SMILES string of the molecule is Cc1nn(-c2ccccc2)c(C)c1C(=O)C(=O)NC(C)c1ccc(NC(=O)c2ccc(F)cc2)cc1. The largest absolute Gasteiger partial charge is 0.343 e. The Balaban J connectivity index is 1.42. The van der Waals surface area contributed by atoms with E-state index < -0.39 is 23.5 Å². The van der Waals surface area contributed by atoms with Crippen molar-refractivity contribution in [1.82, 2.24) is 15.1 Å². The van der Waals surface area contributed by atoms with Gasteiger partial charge in [0.25, 0.3) is 17.6 Å². The van der Waals surface area contributed by atoms with Gasteiger partial charge in [-0.2, -0.15) is 5.10 Å². The molecule has 0 aliphatic rings. The molecule has 0 radical (unpaired) electrons. The molecule has 182 valence electrons. The van der Waals surface area contributed by atoms with Crippen molar-refractivity contribution in [3.8, 4) is 5.69 Å². The molecule has 4 aromatic rings. The standard InChI is InChI=1S/C28H25FN4O3/c1-17(20-11-15-23(16-12-20)31-27(35)21-9-13-22(29)14-10-21)30-28(36)26(34)25-18(2)32-33(19(25)3)24-7-5-4-6-8-24/h4-17H,1-3H3,(H,30,36)(H,31,35). The van der Waals surface area contributed by atoms with Crippen molar-refractivity contribution >= 4 is 23.3 Å². The van der Waals surface area contributed by atoms with Crippen LogP contribution in [0.3, 0.4) is 0 Å². The average molecular weight is 485 g/mol. The van der Waals surface area contributed by atoms with Crippen molar-refractivity contribution < 1.29 is 18.8 Å². The Hall–Kier alpha value is -4.59. The second-order valence-corrected chi connectivity index (χ2v) is 8.40. The van der Waals surface area contributed by atoms with E-state index in [1.165, 1.54) is 24.3 Å². The zero-order valence-corrected chi connectivity index (χ0v) is 20.1. The fourth-order valence-electron chi connectivity index (χ4n) is 3.91. The average Bonchev–Trinajstić information content (AvgIpc) is 3.18. The molecule has 2 N–H and O–H groups in total. The van der Waals surface area contributed by atoms with Crippen LogP contribution in [0.1, 0.15) is 50.6 Å². The molecule has 0 spiro atoms. The van der Waals surface area contributed by atoms with Crippen LogP contribution in [0.5, 0.6) is 0 Å². The second-order valence-electron chi connectivity index (χ2n) is 8.40. The van der Waals surface area contributed by atoms with E-state index in [4.69, 9.17) is 0 Å². The number of nitrogens with zero attached hydrogens (tertiary/aromatic N) is 2. The molecule has 1 heterocycles. The number of carbonyl (C=O) groups excluding carboxylic acids is 3. The Labute approximate surface area is 208 Å². The zero-order valence-electron chi connectivity index (χ0n) is 20.1. The van der Waals surface area contributed by atoms with Crippen LogP contribution >= 0.6 is 0 Å². The van der Waals surface area contributed by atoms with Crippen molar-refractivity contribution in [3.05, 3.63) is 113 Å². The van der Waals surface area contributed by atoms with Crippen LogP contribution in [0.25, 0.3) is 5.69 Å². The predicted molar refractivity (Wildman–Crippen MR) is 135 cm³/mol. The molecule has 2 amide bonds. The number of aromatic nitrogens is 2. The van der Waals surface area contributed by atoms with Gasteiger partial charge in [0.15, 0.2) is 0 Å². The number of amides is 2. The van der Waals surface area contributed by atoms with Crippen LogP contribution in [0.15, 0.2) is 78.9 Å². The van der Waals surface area contributed by atoms with Gasteiger partial charge in [-0.3, -0.25) is 14.4 Å². The lowest BCUT2D eigenvalue weighted by molar-refractivity contribution is -0.117. The first kappa shape index (κ1) is 24.5. The topological polar surface area (TPSA) is 93.1 Å². The summed E-state index contributed by atoms with van der Waals surface area (Å²) >= 11 is 0. The van der Waals surface area contributed by atoms with Crippen LogP contribution in [0, 0.1) is 19.7 Å². The minimum atomic E-state index is -0.727. The molecule has 1 atom stereocenters. The molecular formula is C28H25FN4O3. The van der Waals surface area contributed by atoms with Crippen molar-refractivity contribution in [2.45, 2.75) is 26.8 Å². The summed E-state index contributed by atoms with van der Waals surface area (Å²) in [6.45, 7) is 5.23. The highest BCUT2D eigenvalue weighted by Gasteiger charge is 2.26. The van der Waals surface area contributed by atoms with Gasteiger partial charge in [0, 0.05) is 11.3 Å². The van der Waals surface area contributed by atoms with E-state index in [9.17, 15) is 18.8 Å². The predicted octanol–water partition coefficient (Wildman–Crippen LogP) is 4.94. The lowest BCUT2D eigenvalue weighted by atomic mass is 10.1. The van der Waals surface area contributed by atoms with Gasteiger partial charge < -0.3 is 10.6 Å².